The zero-order chi connectivity index (χ0) is 13.9. The first kappa shape index (κ1) is 15.3. The molecule has 1 saturated heterocycles. The third-order valence-electron chi connectivity index (χ3n) is 4.27. The van der Waals surface area contributed by atoms with Gasteiger partial charge in [0.1, 0.15) is 0 Å². The molecule has 1 aromatic heterocycles. The summed E-state index contributed by atoms with van der Waals surface area (Å²) in [6, 6.07) is 2.24. The van der Waals surface area contributed by atoms with E-state index in [1.54, 1.807) is 11.3 Å². The van der Waals surface area contributed by atoms with Crippen LogP contribution in [0.25, 0.3) is 0 Å². The molecule has 2 rings (SSSR count). The Hall–Kier alpha value is -0.130. The zero-order valence-electron chi connectivity index (χ0n) is 11.9. The van der Waals surface area contributed by atoms with Crippen LogP contribution in [0.2, 0.25) is 5.02 Å². The normalized spacial score (nSPS) is 22.1. The van der Waals surface area contributed by atoms with E-state index in [1.807, 2.05) is 13.1 Å². The lowest BCUT2D eigenvalue weighted by molar-refractivity contribution is -0.0314. The molecule has 1 N–H and O–H groups in total. The number of rotatable bonds is 5. The van der Waals surface area contributed by atoms with Crippen molar-refractivity contribution in [1.29, 1.82) is 0 Å². The summed E-state index contributed by atoms with van der Waals surface area (Å²) >= 11 is 8.08. The molecule has 2 unspecified atom stereocenters. The van der Waals surface area contributed by atoms with Crippen LogP contribution in [-0.4, -0.2) is 43.8 Å². The predicted octanol–water partition coefficient (Wildman–Crippen LogP) is 3.16. The van der Waals surface area contributed by atoms with E-state index >= 15 is 0 Å². The average Bonchev–Trinajstić information content (AvgIpc) is 2.86. The van der Waals surface area contributed by atoms with Gasteiger partial charge in [-0.2, -0.15) is 0 Å². The largest absolute Gasteiger partial charge is 0.379 e. The van der Waals surface area contributed by atoms with Crippen molar-refractivity contribution in [3.63, 3.8) is 0 Å². The first-order chi connectivity index (χ1) is 9.13. The molecule has 1 aliphatic rings. The third kappa shape index (κ3) is 2.98. The maximum absolute atomic E-state index is 6.34. The van der Waals surface area contributed by atoms with Crippen LogP contribution >= 0.6 is 22.9 Å². The van der Waals surface area contributed by atoms with E-state index in [4.69, 9.17) is 16.3 Å². The quantitative estimate of drug-likeness (QED) is 0.904. The second-order valence-corrected chi connectivity index (χ2v) is 6.52. The summed E-state index contributed by atoms with van der Waals surface area (Å²) < 4.78 is 5.48. The maximum atomic E-state index is 6.34. The fraction of sp³-hybridized carbons (Fsp3) is 0.714. The van der Waals surface area contributed by atoms with Crippen LogP contribution in [0.4, 0.5) is 0 Å². The van der Waals surface area contributed by atoms with Crippen molar-refractivity contribution in [2.24, 2.45) is 0 Å². The number of ether oxygens (including phenoxy) is 1. The molecule has 108 valence electrons. The molecule has 3 nitrogen and oxygen atoms in total. The van der Waals surface area contributed by atoms with Gasteiger partial charge in [-0.3, -0.25) is 4.90 Å². The summed E-state index contributed by atoms with van der Waals surface area (Å²) in [4.78, 5) is 3.77. The molecule has 5 heteroatoms. The summed E-state index contributed by atoms with van der Waals surface area (Å²) in [5.41, 5.74) is 0.0625. The van der Waals surface area contributed by atoms with Crippen LogP contribution < -0.4 is 5.32 Å². The molecule has 1 aromatic rings. The van der Waals surface area contributed by atoms with Gasteiger partial charge < -0.3 is 10.1 Å². The summed E-state index contributed by atoms with van der Waals surface area (Å²) in [5.74, 6) is 0. The van der Waals surface area contributed by atoms with Crippen LogP contribution in [0.5, 0.6) is 0 Å². The highest BCUT2D eigenvalue weighted by molar-refractivity contribution is 7.10. The van der Waals surface area contributed by atoms with Gasteiger partial charge in [0, 0.05) is 23.5 Å². The molecule has 19 heavy (non-hydrogen) atoms. The molecule has 0 spiro atoms. The second-order valence-electron chi connectivity index (χ2n) is 5.16. The SMILES string of the molecule is CCC(C)(C(NC)c1sccc1Cl)N1CCOCC1. The van der Waals surface area contributed by atoms with E-state index in [2.05, 4.69) is 29.4 Å². The summed E-state index contributed by atoms with van der Waals surface area (Å²) in [5, 5.41) is 6.42. The van der Waals surface area contributed by atoms with E-state index in [1.165, 1.54) is 4.88 Å². The number of thiophene rings is 1. The Morgan fingerprint density at radius 2 is 2.21 bits per heavy atom. The van der Waals surface area contributed by atoms with Crippen LogP contribution in [-0.2, 0) is 4.74 Å². The molecule has 0 aromatic carbocycles. The Morgan fingerprint density at radius 1 is 1.53 bits per heavy atom. The van der Waals surface area contributed by atoms with Gasteiger partial charge in [0.15, 0.2) is 0 Å². The van der Waals surface area contributed by atoms with Gasteiger partial charge in [-0.25, -0.2) is 0 Å². The van der Waals surface area contributed by atoms with E-state index in [0.29, 0.717) is 0 Å². The highest BCUT2D eigenvalue weighted by atomic mass is 35.5. The molecule has 0 saturated carbocycles. The first-order valence-electron chi connectivity index (χ1n) is 6.86. The van der Waals surface area contributed by atoms with Crippen LogP contribution in [0.15, 0.2) is 11.4 Å². The number of nitrogens with zero attached hydrogens (tertiary/aromatic N) is 1. The highest BCUT2D eigenvalue weighted by Gasteiger charge is 2.40. The topological polar surface area (TPSA) is 24.5 Å². The van der Waals surface area contributed by atoms with E-state index in [-0.39, 0.29) is 11.6 Å². The Labute approximate surface area is 124 Å². The molecular weight excluding hydrogens is 280 g/mol. The van der Waals surface area contributed by atoms with E-state index < -0.39 is 0 Å². The Bertz CT molecular complexity index is 406. The number of likely N-dealkylation sites (N-methyl/N-ethyl adjacent to an activating group) is 1. The fourth-order valence-electron chi connectivity index (χ4n) is 2.92. The number of hydrogen-bond donors (Lipinski definition) is 1. The van der Waals surface area contributed by atoms with Gasteiger partial charge in [0.05, 0.1) is 24.3 Å². The Morgan fingerprint density at radius 3 is 2.68 bits per heavy atom. The molecule has 0 radical (unpaired) electrons. The molecule has 2 heterocycles. The first-order valence-corrected chi connectivity index (χ1v) is 8.12. The van der Waals surface area contributed by atoms with Gasteiger partial charge in [-0.1, -0.05) is 18.5 Å². The minimum atomic E-state index is 0.0625. The van der Waals surface area contributed by atoms with Gasteiger partial charge in [-0.05, 0) is 31.8 Å². The molecular formula is C14H23ClN2OS. The Balaban J connectivity index is 2.29. The lowest BCUT2D eigenvalue weighted by Gasteiger charge is -2.47. The lowest BCUT2D eigenvalue weighted by atomic mass is 9.85. The smallest absolute Gasteiger partial charge is 0.0611 e. The van der Waals surface area contributed by atoms with Crippen molar-refractivity contribution in [3.8, 4) is 0 Å². The van der Waals surface area contributed by atoms with Crippen molar-refractivity contribution >= 4 is 22.9 Å². The highest BCUT2D eigenvalue weighted by Crippen LogP contribution is 2.40. The molecule has 2 atom stereocenters. The number of morpholine rings is 1. The molecule has 0 amide bonds. The average molecular weight is 303 g/mol. The summed E-state index contributed by atoms with van der Waals surface area (Å²) in [6.45, 7) is 8.21. The zero-order valence-corrected chi connectivity index (χ0v) is 13.5. The standard InChI is InChI=1S/C14H23ClN2OS/c1-4-14(2,17-6-8-18-9-7-17)13(16-3)12-11(15)5-10-19-12/h5,10,13,16H,4,6-9H2,1-3H3. The van der Waals surface area contributed by atoms with Crippen molar-refractivity contribution < 1.29 is 4.74 Å². The molecule has 1 fully saturated rings. The minimum absolute atomic E-state index is 0.0625. The van der Waals surface area contributed by atoms with E-state index in [9.17, 15) is 0 Å². The second kappa shape index (κ2) is 6.55. The van der Waals surface area contributed by atoms with Crippen LogP contribution in [0, 0.1) is 0 Å². The third-order valence-corrected chi connectivity index (χ3v) is 5.69. The minimum Gasteiger partial charge on any atom is -0.379 e. The monoisotopic (exact) mass is 302 g/mol. The number of nitrogens with one attached hydrogen (secondary N) is 1. The molecule has 1 aliphatic heterocycles. The predicted molar refractivity (Wildman–Crippen MR) is 82.2 cm³/mol. The van der Waals surface area contributed by atoms with Crippen LogP contribution in [0.3, 0.4) is 0 Å². The van der Waals surface area contributed by atoms with Crippen LogP contribution in [0.1, 0.15) is 31.2 Å². The van der Waals surface area contributed by atoms with Crippen molar-refractivity contribution in [2.45, 2.75) is 31.8 Å². The number of hydrogen-bond acceptors (Lipinski definition) is 4. The fourth-order valence-corrected chi connectivity index (χ4v) is 4.34. The molecule has 0 bridgehead atoms. The molecule has 0 aliphatic carbocycles. The maximum Gasteiger partial charge on any atom is 0.0611 e. The number of halogens is 1. The van der Waals surface area contributed by atoms with Gasteiger partial charge >= 0.3 is 0 Å². The van der Waals surface area contributed by atoms with Crippen molar-refractivity contribution in [1.82, 2.24) is 10.2 Å². The summed E-state index contributed by atoms with van der Waals surface area (Å²) in [7, 11) is 2.02. The lowest BCUT2D eigenvalue weighted by Crippen LogP contribution is -2.57. The summed E-state index contributed by atoms with van der Waals surface area (Å²) in [6.07, 6.45) is 1.08. The van der Waals surface area contributed by atoms with Gasteiger partial charge in [0.2, 0.25) is 0 Å². The van der Waals surface area contributed by atoms with Crippen molar-refractivity contribution in [2.75, 3.05) is 33.4 Å². The van der Waals surface area contributed by atoms with Gasteiger partial charge in [0.25, 0.3) is 0 Å². The van der Waals surface area contributed by atoms with Crippen molar-refractivity contribution in [3.05, 3.63) is 21.3 Å². The Kier molecular flexibility index (Phi) is 5.26. The van der Waals surface area contributed by atoms with Gasteiger partial charge in [-0.15, -0.1) is 11.3 Å². The van der Waals surface area contributed by atoms with E-state index in [0.717, 1.165) is 37.7 Å².